The average Bonchev–Trinajstić information content (AvgIpc) is 2.46. The second kappa shape index (κ2) is 7.65. The molecule has 0 radical (unpaired) electrons. The summed E-state index contributed by atoms with van der Waals surface area (Å²) in [6.07, 6.45) is -0.113. The summed E-state index contributed by atoms with van der Waals surface area (Å²) in [5, 5.41) is 4.52. The Hall–Kier alpha value is -1.06. The van der Waals surface area contributed by atoms with Crippen molar-refractivity contribution in [2.45, 2.75) is 6.10 Å². The van der Waals surface area contributed by atoms with E-state index in [0.29, 0.717) is 6.61 Å². The Morgan fingerprint density at radius 2 is 1.35 bits per heavy atom. The van der Waals surface area contributed by atoms with Gasteiger partial charge in [0.2, 0.25) is 0 Å². The maximum Gasteiger partial charge on any atom is 0.108 e. The number of likely N-dealkylation sites (N-methyl/N-ethyl adjacent to an activating group) is 1. The minimum atomic E-state index is -0.113. The molecular formula is C16H17Cl2NO. The Kier molecular flexibility index (Phi) is 5.86. The normalized spacial score (nSPS) is 11.0. The largest absolute Gasteiger partial charge is 0.367 e. The minimum Gasteiger partial charge on any atom is -0.367 e. The van der Waals surface area contributed by atoms with Crippen molar-refractivity contribution in [1.82, 2.24) is 5.32 Å². The Labute approximate surface area is 129 Å². The van der Waals surface area contributed by atoms with E-state index in [1.165, 1.54) is 0 Å². The predicted molar refractivity (Wildman–Crippen MR) is 84.6 cm³/mol. The molecule has 1 N–H and O–H groups in total. The van der Waals surface area contributed by atoms with E-state index in [0.717, 1.165) is 27.7 Å². The number of benzene rings is 2. The Balaban J connectivity index is 2.23. The first-order valence-electron chi connectivity index (χ1n) is 6.48. The number of nitrogens with one attached hydrogen (secondary N) is 1. The molecule has 0 heterocycles. The van der Waals surface area contributed by atoms with Crippen LogP contribution in [0, 0.1) is 0 Å². The summed E-state index contributed by atoms with van der Waals surface area (Å²) in [7, 11) is 1.91. The first kappa shape index (κ1) is 15.3. The van der Waals surface area contributed by atoms with Gasteiger partial charge in [0, 0.05) is 16.6 Å². The molecule has 2 rings (SSSR count). The van der Waals surface area contributed by atoms with Gasteiger partial charge in [0.05, 0.1) is 6.61 Å². The van der Waals surface area contributed by atoms with Crippen LogP contribution in [0.3, 0.4) is 0 Å². The summed E-state index contributed by atoms with van der Waals surface area (Å²) in [5.41, 5.74) is 2.15. The van der Waals surface area contributed by atoms with Crippen molar-refractivity contribution in [2.75, 3.05) is 20.2 Å². The van der Waals surface area contributed by atoms with Crippen LogP contribution in [0.2, 0.25) is 10.0 Å². The van der Waals surface area contributed by atoms with Crippen LogP contribution in [0.1, 0.15) is 17.2 Å². The topological polar surface area (TPSA) is 21.3 Å². The third-order valence-electron chi connectivity index (χ3n) is 2.98. The monoisotopic (exact) mass is 309 g/mol. The molecule has 0 fully saturated rings. The molecule has 0 unspecified atom stereocenters. The van der Waals surface area contributed by atoms with Crippen molar-refractivity contribution in [1.29, 1.82) is 0 Å². The molecule has 0 bridgehead atoms. The van der Waals surface area contributed by atoms with Gasteiger partial charge in [-0.05, 0) is 42.4 Å². The molecule has 0 spiro atoms. The average molecular weight is 310 g/mol. The molecule has 0 aliphatic rings. The zero-order chi connectivity index (χ0) is 14.4. The zero-order valence-corrected chi connectivity index (χ0v) is 12.8. The van der Waals surface area contributed by atoms with Crippen molar-refractivity contribution >= 4 is 23.2 Å². The summed E-state index contributed by atoms with van der Waals surface area (Å²) in [4.78, 5) is 0. The number of hydrogen-bond acceptors (Lipinski definition) is 2. The Morgan fingerprint density at radius 1 is 0.900 bits per heavy atom. The van der Waals surface area contributed by atoms with E-state index in [-0.39, 0.29) is 6.10 Å². The summed E-state index contributed by atoms with van der Waals surface area (Å²) in [6.45, 7) is 1.43. The summed E-state index contributed by atoms with van der Waals surface area (Å²) < 4.78 is 5.99. The van der Waals surface area contributed by atoms with E-state index in [2.05, 4.69) is 5.32 Å². The Bertz CT molecular complexity index is 480. The summed E-state index contributed by atoms with van der Waals surface area (Å²) in [6, 6.07) is 15.5. The van der Waals surface area contributed by atoms with Gasteiger partial charge in [-0.25, -0.2) is 0 Å². The zero-order valence-electron chi connectivity index (χ0n) is 11.3. The standard InChI is InChI=1S/C16H17Cl2NO/c1-19-10-11-20-16(12-2-6-14(17)7-3-12)13-4-8-15(18)9-5-13/h2-9,16,19H,10-11H2,1H3. The van der Waals surface area contributed by atoms with Gasteiger partial charge in [-0.3, -0.25) is 0 Å². The van der Waals surface area contributed by atoms with Crippen molar-refractivity contribution in [2.24, 2.45) is 0 Å². The van der Waals surface area contributed by atoms with Crippen molar-refractivity contribution in [3.63, 3.8) is 0 Å². The fourth-order valence-corrected chi connectivity index (χ4v) is 2.19. The van der Waals surface area contributed by atoms with Crippen LogP contribution in [0.5, 0.6) is 0 Å². The van der Waals surface area contributed by atoms with E-state index in [1.807, 2.05) is 55.6 Å². The molecule has 2 nitrogen and oxygen atoms in total. The highest BCUT2D eigenvalue weighted by Gasteiger charge is 2.14. The molecule has 0 amide bonds. The second-order valence-corrected chi connectivity index (χ2v) is 5.33. The van der Waals surface area contributed by atoms with Crippen molar-refractivity contribution < 1.29 is 4.74 Å². The highest BCUT2D eigenvalue weighted by atomic mass is 35.5. The summed E-state index contributed by atoms with van der Waals surface area (Å²) in [5.74, 6) is 0. The fourth-order valence-electron chi connectivity index (χ4n) is 1.94. The van der Waals surface area contributed by atoms with Gasteiger partial charge in [0.25, 0.3) is 0 Å². The van der Waals surface area contributed by atoms with Gasteiger partial charge in [-0.2, -0.15) is 0 Å². The molecule has 2 aromatic carbocycles. The fraction of sp³-hybridized carbons (Fsp3) is 0.250. The van der Waals surface area contributed by atoms with E-state index in [4.69, 9.17) is 27.9 Å². The lowest BCUT2D eigenvalue weighted by Crippen LogP contribution is -2.17. The van der Waals surface area contributed by atoms with Gasteiger partial charge in [-0.1, -0.05) is 47.5 Å². The van der Waals surface area contributed by atoms with Gasteiger partial charge >= 0.3 is 0 Å². The van der Waals surface area contributed by atoms with E-state index < -0.39 is 0 Å². The number of halogens is 2. The SMILES string of the molecule is CNCCOC(c1ccc(Cl)cc1)c1ccc(Cl)cc1. The van der Waals surface area contributed by atoms with Crippen LogP contribution < -0.4 is 5.32 Å². The predicted octanol–water partition coefficient (Wildman–Crippen LogP) is 4.32. The van der Waals surface area contributed by atoms with Crippen molar-refractivity contribution in [3.05, 3.63) is 69.7 Å². The van der Waals surface area contributed by atoms with Gasteiger partial charge in [0.15, 0.2) is 0 Å². The molecular weight excluding hydrogens is 293 g/mol. The van der Waals surface area contributed by atoms with Crippen LogP contribution in [0.4, 0.5) is 0 Å². The van der Waals surface area contributed by atoms with Crippen molar-refractivity contribution in [3.8, 4) is 0 Å². The van der Waals surface area contributed by atoms with Gasteiger partial charge in [0.1, 0.15) is 6.10 Å². The van der Waals surface area contributed by atoms with Crippen LogP contribution >= 0.6 is 23.2 Å². The molecule has 0 saturated heterocycles. The number of ether oxygens (including phenoxy) is 1. The van der Waals surface area contributed by atoms with Gasteiger partial charge in [-0.15, -0.1) is 0 Å². The first-order valence-corrected chi connectivity index (χ1v) is 7.23. The molecule has 2 aromatic rings. The van der Waals surface area contributed by atoms with E-state index in [9.17, 15) is 0 Å². The van der Waals surface area contributed by atoms with E-state index >= 15 is 0 Å². The quantitative estimate of drug-likeness (QED) is 0.802. The third kappa shape index (κ3) is 4.22. The lowest BCUT2D eigenvalue weighted by atomic mass is 10.0. The minimum absolute atomic E-state index is 0.113. The smallest absolute Gasteiger partial charge is 0.108 e. The van der Waals surface area contributed by atoms with Crippen LogP contribution in [0.15, 0.2) is 48.5 Å². The molecule has 106 valence electrons. The maximum atomic E-state index is 5.99. The van der Waals surface area contributed by atoms with Gasteiger partial charge < -0.3 is 10.1 Å². The third-order valence-corrected chi connectivity index (χ3v) is 3.49. The maximum absolute atomic E-state index is 5.99. The van der Waals surface area contributed by atoms with Crippen LogP contribution in [-0.2, 0) is 4.74 Å². The first-order chi connectivity index (χ1) is 9.70. The lowest BCUT2D eigenvalue weighted by molar-refractivity contribution is 0.0831. The van der Waals surface area contributed by atoms with E-state index in [1.54, 1.807) is 0 Å². The molecule has 0 atom stereocenters. The molecule has 20 heavy (non-hydrogen) atoms. The van der Waals surface area contributed by atoms with Crippen LogP contribution in [0.25, 0.3) is 0 Å². The molecule has 0 aliphatic carbocycles. The highest BCUT2D eigenvalue weighted by Crippen LogP contribution is 2.28. The molecule has 0 aromatic heterocycles. The summed E-state index contributed by atoms with van der Waals surface area (Å²) >= 11 is 11.9. The Morgan fingerprint density at radius 3 is 1.75 bits per heavy atom. The molecule has 0 saturated carbocycles. The van der Waals surface area contributed by atoms with Crippen LogP contribution in [-0.4, -0.2) is 20.2 Å². The molecule has 0 aliphatic heterocycles. The number of hydrogen-bond donors (Lipinski definition) is 1. The molecule has 4 heteroatoms. The highest BCUT2D eigenvalue weighted by molar-refractivity contribution is 6.30. The number of rotatable bonds is 6. The second-order valence-electron chi connectivity index (χ2n) is 4.46. The lowest BCUT2D eigenvalue weighted by Gasteiger charge is -2.19.